The van der Waals surface area contributed by atoms with E-state index in [0.717, 1.165) is 0 Å². The van der Waals surface area contributed by atoms with Crippen LogP contribution in [-0.4, -0.2) is 43.4 Å². The molecule has 152 valence electrons. The van der Waals surface area contributed by atoms with Crippen LogP contribution in [-0.2, 0) is 20.0 Å². The van der Waals surface area contributed by atoms with E-state index in [0.29, 0.717) is 18.8 Å². The number of cyclic esters (lactones) is 1. The largest absolute Gasteiger partial charge is 0.423 e. The van der Waals surface area contributed by atoms with Crippen LogP contribution in [0.2, 0.25) is 0 Å². The number of halogens is 1. The summed E-state index contributed by atoms with van der Waals surface area (Å²) in [5.74, 6) is -0.0506. The van der Waals surface area contributed by atoms with Crippen LogP contribution in [0.1, 0.15) is 46.7 Å². The van der Waals surface area contributed by atoms with Gasteiger partial charge in [0.25, 0.3) is 0 Å². The Morgan fingerprint density at radius 1 is 1.25 bits per heavy atom. The second-order valence-corrected chi connectivity index (χ2v) is 11.5. The average molecular weight is 409 g/mol. The van der Waals surface area contributed by atoms with Gasteiger partial charge in [0.2, 0.25) is 0 Å². The summed E-state index contributed by atoms with van der Waals surface area (Å²) in [4.78, 5) is 21.7. The van der Waals surface area contributed by atoms with E-state index < -0.39 is 42.9 Å². The van der Waals surface area contributed by atoms with Crippen molar-refractivity contribution >= 4 is 27.5 Å². The lowest BCUT2D eigenvalue weighted by molar-refractivity contribution is 0.0623. The van der Waals surface area contributed by atoms with Gasteiger partial charge in [-0.1, -0.05) is 0 Å². The number of ether oxygens (including phenoxy) is 1. The molecule has 0 radical (unpaired) electrons. The van der Waals surface area contributed by atoms with Crippen LogP contribution in [0.4, 0.5) is 15.0 Å². The fourth-order valence-electron chi connectivity index (χ4n) is 4.18. The van der Waals surface area contributed by atoms with Crippen LogP contribution in [0.25, 0.3) is 0 Å². The second kappa shape index (κ2) is 5.65. The summed E-state index contributed by atoms with van der Waals surface area (Å²) in [6.07, 6.45) is -0.244. The molecular weight excluding hydrogens is 385 g/mol. The van der Waals surface area contributed by atoms with Gasteiger partial charge in [-0.2, -0.15) is 0 Å². The Bertz CT molecular complexity index is 1030. The molecule has 0 aromatic carbocycles. The van der Waals surface area contributed by atoms with Crippen LogP contribution in [0.15, 0.2) is 21.5 Å². The minimum atomic E-state index is -2.87. The van der Waals surface area contributed by atoms with E-state index in [1.54, 1.807) is 34.6 Å². The molecule has 0 saturated carbocycles. The highest BCUT2D eigenvalue weighted by molar-refractivity contribution is 7.96. The summed E-state index contributed by atoms with van der Waals surface area (Å²) >= 11 is 0. The molecule has 4 heterocycles. The average Bonchev–Trinajstić information content (AvgIpc) is 2.98. The number of nitrogens with zero attached hydrogens (tertiary/aromatic N) is 3. The third kappa shape index (κ3) is 2.53. The Kier molecular flexibility index (Phi) is 3.85. The van der Waals surface area contributed by atoms with Gasteiger partial charge in [0.15, 0.2) is 5.72 Å². The van der Waals surface area contributed by atoms with Crippen molar-refractivity contribution in [3.8, 4) is 0 Å². The molecule has 1 aromatic rings. The molecule has 4 rings (SSSR count). The Balaban J connectivity index is 2.04. The van der Waals surface area contributed by atoms with Crippen molar-refractivity contribution in [2.24, 2.45) is 9.36 Å². The fourth-order valence-corrected chi connectivity index (χ4v) is 7.36. The normalized spacial score (nSPS) is 35.1. The lowest BCUT2D eigenvalue weighted by Gasteiger charge is -2.44. The summed E-state index contributed by atoms with van der Waals surface area (Å²) in [5.41, 5.74) is -2.28. The van der Waals surface area contributed by atoms with E-state index >= 15 is 0 Å². The number of aromatic nitrogens is 1. The molecule has 1 aromatic heterocycles. The first-order valence-electron chi connectivity index (χ1n) is 9.16. The number of anilines is 1. The number of aliphatic imine (C=N–C) groups is 1. The van der Waals surface area contributed by atoms with E-state index in [-0.39, 0.29) is 11.5 Å². The van der Waals surface area contributed by atoms with Gasteiger partial charge in [-0.15, -0.1) is 0 Å². The fraction of sp³-hybridized carbons (Fsp3) is 0.611. The number of rotatable bonds is 0. The van der Waals surface area contributed by atoms with Crippen LogP contribution in [0.3, 0.4) is 0 Å². The number of carbonyl (C=O) groups excluding carboxylic acids is 1. The molecule has 8 nitrogen and oxygen atoms in total. The highest BCUT2D eigenvalue weighted by atomic mass is 32.2. The molecule has 0 aliphatic carbocycles. The first-order chi connectivity index (χ1) is 12.9. The zero-order chi connectivity index (χ0) is 20.5. The minimum absolute atomic E-state index is 0.0762. The lowest BCUT2D eigenvalue weighted by Crippen LogP contribution is -2.60. The number of hydrogen-bond acceptors (Lipinski definition) is 7. The standard InChI is InChI=1S/C18H24FN5O3S/c1-16(2)14-22-15(25)27-17(3,4)23-12-7-6-10(19)13(21-12)18(5,24-14)11-8-9-20-28(11,16)26/h6-7,11H,8-9H2,1-5H3,(H,21,23)(H,22,24,25)/t11-,18-,28+/m0/s1. The number of hydrogen-bond donors (Lipinski definition) is 2. The van der Waals surface area contributed by atoms with Crippen LogP contribution >= 0.6 is 0 Å². The molecular formula is C18H24FN5O3S. The zero-order valence-corrected chi connectivity index (χ0v) is 17.3. The van der Waals surface area contributed by atoms with E-state index in [4.69, 9.17) is 9.73 Å². The van der Waals surface area contributed by atoms with Crippen molar-refractivity contribution < 1.29 is 18.1 Å². The maximum absolute atomic E-state index is 14.9. The Morgan fingerprint density at radius 3 is 2.68 bits per heavy atom. The van der Waals surface area contributed by atoms with E-state index in [2.05, 4.69) is 20.0 Å². The van der Waals surface area contributed by atoms with E-state index in [9.17, 15) is 13.4 Å². The molecule has 0 spiro atoms. The quantitative estimate of drug-likeness (QED) is 0.685. The van der Waals surface area contributed by atoms with E-state index in [1.807, 2.05) is 0 Å². The summed E-state index contributed by atoms with van der Waals surface area (Å²) in [6.45, 7) is 8.87. The van der Waals surface area contributed by atoms with Gasteiger partial charge in [0, 0.05) is 6.54 Å². The topological polar surface area (TPSA) is 105 Å². The second-order valence-electron chi connectivity index (χ2n) is 8.49. The van der Waals surface area contributed by atoms with Crippen molar-refractivity contribution in [3.05, 3.63) is 23.6 Å². The Morgan fingerprint density at radius 2 is 1.96 bits per heavy atom. The Hall–Kier alpha value is -2.23. The van der Waals surface area contributed by atoms with Crippen molar-refractivity contribution in [3.63, 3.8) is 0 Å². The van der Waals surface area contributed by atoms with Gasteiger partial charge in [0.1, 0.15) is 33.5 Å². The van der Waals surface area contributed by atoms with Gasteiger partial charge < -0.3 is 10.1 Å². The molecule has 0 saturated heterocycles. The molecule has 2 N–H and O–H groups in total. The van der Waals surface area contributed by atoms with Gasteiger partial charge in [-0.25, -0.2) is 22.7 Å². The third-order valence-corrected chi connectivity index (χ3v) is 9.34. The summed E-state index contributed by atoms with van der Waals surface area (Å²) in [7, 11) is -2.87. The maximum Gasteiger partial charge on any atom is 0.414 e. The molecule has 3 atom stereocenters. The van der Waals surface area contributed by atoms with Crippen molar-refractivity contribution in [1.82, 2.24) is 10.3 Å². The number of alkyl carbamates (subject to hydrolysis) is 1. The summed E-state index contributed by atoms with van der Waals surface area (Å²) in [5, 5.41) is 5.11. The molecule has 4 bridgehead atoms. The number of pyridine rings is 1. The molecule has 3 aliphatic rings. The predicted octanol–water partition coefficient (Wildman–Crippen LogP) is 2.75. The van der Waals surface area contributed by atoms with Crippen LogP contribution in [0, 0.1) is 5.82 Å². The Labute approximate surface area is 163 Å². The molecule has 3 aliphatic heterocycles. The van der Waals surface area contributed by atoms with Gasteiger partial charge in [-0.05, 0) is 53.2 Å². The molecule has 1 amide bonds. The van der Waals surface area contributed by atoms with Gasteiger partial charge in [0.05, 0.1) is 15.0 Å². The summed E-state index contributed by atoms with van der Waals surface area (Å²) < 4.78 is 37.8. The zero-order valence-electron chi connectivity index (χ0n) is 16.5. The van der Waals surface area contributed by atoms with Gasteiger partial charge >= 0.3 is 6.09 Å². The molecule has 10 heteroatoms. The lowest BCUT2D eigenvalue weighted by atomic mass is 9.89. The molecule has 0 fully saturated rings. The molecule has 0 unspecified atom stereocenters. The SMILES string of the molecule is CC1(C)Nc2ccc(F)c(n2)[C@@]2(C)N=C(NC(=O)O1)C(C)(C)[S@@]1(=O)=NCC[C@@H]21. The highest BCUT2D eigenvalue weighted by Crippen LogP contribution is 2.47. The molecule has 28 heavy (non-hydrogen) atoms. The van der Waals surface area contributed by atoms with Crippen molar-refractivity contribution in [2.45, 2.75) is 62.3 Å². The first kappa shape index (κ1) is 19.1. The van der Waals surface area contributed by atoms with Crippen molar-refractivity contribution in [2.75, 3.05) is 11.9 Å². The number of carbonyl (C=O) groups is 1. The number of amides is 1. The van der Waals surface area contributed by atoms with E-state index in [1.165, 1.54) is 12.1 Å². The summed E-state index contributed by atoms with van der Waals surface area (Å²) in [6, 6.07) is 2.76. The third-order valence-electron chi connectivity index (χ3n) is 5.66. The monoisotopic (exact) mass is 409 g/mol. The number of amidine groups is 1. The maximum atomic E-state index is 14.9. The smallest absolute Gasteiger partial charge is 0.414 e. The van der Waals surface area contributed by atoms with Crippen LogP contribution < -0.4 is 10.6 Å². The van der Waals surface area contributed by atoms with Crippen LogP contribution in [0.5, 0.6) is 0 Å². The minimum Gasteiger partial charge on any atom is -0.423 e. The number of nitrogens with one attached hydrogen (secondary N) is 2. The number of fused-ring (bicyclic) bond motifs is 6. The predicted molar refractivity (Wildman–Crippen MR) is 104 cm³/mol. The highest BCUT2D eigenvalue weighted by Gasteiger charge is 2.58. The van der Waals surface area contributed by atoms with Crippen molar-refractivity contribution in [1.29, 1.82) is 0 Å². The first-order valence-corrected chi connectivity index (χ1v) is 10.7. The van der Waals surface area contributed by atoms with Gasteiger partial charge in [-0.3, -0.25) is 10.3 Å².